The fraction of sp³-hybridized carbons (Fsp3) is 0.0508. The second-order valence-electron chi connectivity index (χ2n) is 32.6. The molecule has 1 aliphatic carbocycles. The summed E-state index contributed by atoms with van der Waals surface area (Å²) in [6.45, 7) is 11.9. The molecular formula is C118H86Si. The largest absolute Gasteiger partial charge is 0.0776 e. The van der Waals surface area contributed by atoms with Gasteiger partial charge in [-0.05, 0) is 231 Å². The fourth-order valence-electron chi connectivity index (χ4n) is 19.0. The SMILES string of the molecule is CC1(C)c2ccc(-c3c4ccccc4c(-c4cccc5ccccc45)c4ccccc34)cc2-c2ccc(-c3ccccc3)cc21.[2H]c1c([2H])c([2H])c(-c2cccc3c(-c4c5ccccc5c(-c5cccc6ccccc56)c5cc([Si](C)(C)C)ccc45)cccc23)c([2H])c1[2H].[2H]c1c([2H])c([2H])c2c(-c3c4ccccc4c(-c4ccccc4)c4ccccc34)c([2H])c([2H])c([2H])c2c1[2H]. The molecule has 1 heteroatoms. The van der Waals surface area contributed by atoms with Gasteiger partial charge in [0.25, 0.3) is 0 Å². The van der Waals surface area contributed by atoms with Gasteiger partial charge in [-0.3, -0.25) is 0 Å². The molecule has 0 saturated heterocycles. The minimum Gasteiger partial charge on any atom is -0.0656 e. The summed E-state index contributed by atoms with van der Waals surface area (Å²) in [6.07, 6.45) is 0. The average molecular weight is 1540 g/mol. The van der Waals surface area contributed by atoms with Crippen LogP contribution in [-0.2, 0) is 5.41 Å². The third-order valence-electron chi connectivity index (χ3n) is 24.5. The molecule has 22 aromatic carbocycles. The van der Waals surface area contributed by atoms with Crippen LogP contribution in [0.2, 0.25) is 19.6 Å². The first-order valence-electron chi connectivity index (χ1n) is 46.8. The van der Waals surface area contributed by atoms with Gasteiger partial charge in [0.15, 0.2) is 0 Å². The molecule has 0 heterocycles. The maximum Gasteiger partial charge on any atom is 0.0776 e. The van der Waals surface area contributed by atoms with Crippen molar-refractivity contribution in [3.8, 4) is 100 Å². The molecule has 0 aliphatic heterocycles. The Labute approximate surface area is 713 Å². The van der Waals surface area contributed by atoms with Crippen molar-refractivity contribution < 1.29 is 16.4 Å². The first kappa shape index (κ1) is 60.2. The fourth-order valence-corrected chi connectivity index (χ4v) is 20.2. The summed E-state index contributed by atoms with van der Waals surface area (Å²) < 4.78 is 102. The van der Waals surface area contributed by atoms with Gasteiger partial charge < -0.3 is 0 Å². The molecule has 0 unspecified atom stereocenters. The highest BCUT2D eigenvalue weighted by molar-refractivity contribution is 6.88. The van der Waals surface area contributed by atoms with Crippen LogP contribution in [0.5, 0.6) is 0 Å². The van der Waals surface area contributed by atoms with E-state index >= 15 is 0 Å². The van der Waals surface area contributed by atoms with E-state index in [0.717, 1.165) is 65.3 Å². The molecule has 0 atom stereocenters. The van der Waals surface area contributed by atoms with Gasteiger partial charge in [0.2, 0.25) is 0 Å². The predicted molar refractivity (Wildman–Crippen MR) is 518 cm³/mol. The Morgan fingerprint density at radius 2 is 0.580 bits per heavy atom. The first-order chi connectivity index (χ1) is 63.5. The Morgan fingerprint density at radius 3 is 1.12 bits per heavy atom. The Hall–Kier alpha value is -14.3. The van der Waals surface area contributed by atoms with Crippen molar-refractivity contribution >= 4 is 121 Å². The van der Waals surface area contributed by atoms with Crippen LogP contribution in [0.15, 0.2) is 430 Å². The highest BCUT2D eigenvalue weighted by Crippen LogP contribution is 2.54. The number of fused-ring (bicyclic) bond motifs is 13. The third kappa shape index (κ3) is 12.5. The van der Waals surface area contributed by atoms with Gasteiger partial charge in [-0.15, -0.1) is 0 Å². The molecule has 119 heavy (non-hydrogen) atoms. The molecule has 0 aromatic heterocycles. The Kier molecular flexibility index (Phi) is 15.0. The van der Waals surface area contributed by atoms with Crippen molar-refractivity contribution in [2.75, 3.05) is 0 Å². The summed E-state index contributed by atoms with van der Waals surface area (Å²) in [5, 5.41) is 21.5. The highest BCUT2D eigenvalue weighted by atomic mass is 28.3. The van der Waals surface area contributed by atoms with Crippen LogP contribution >= 0.6 is 0 Å². The molecule has 23 rings (SSSR count). The molecule has 22 aromatic rings. The zero-order chi connectivity index (χ0) is 90.3. The maximum absolute atomic E-state index is 8.96. The standard InChI is InChI=1S/C45H32.C43H34Si.C30H20/c1-45(2)41-26-24-32(27-40(41)34-25-23-31(28-42(34)45)29-13-4-3-5-14-29)43-36-18-8-10-20-38(36)44(39-21-11-9-19-37(39)43)35-22-12-16-30-15-6-7-17-33(30)35;1-44(2,3)31-26-27-40-41(28-31)43(36-24-11-17-30-16-7-8-18-33(30)36)39-20-10-9-19-38(39)42(40)37-25-13-22-34-32(21-12-23-35(34)37)29-14-5-4-6-15-29;1-2-12-22(13-3-1)29-25-16-6-8-18-27(25)30(28-19-9-7-17-26(28)29)24-20-10-14-21-11-4-5-15-23(21)24/h3-28H,1-2H3;4-28H,1-3H3;1-20H/i;4D,5D,6D,14D,15D;4D,5D,10D,11D,14D,15D,20D. The quantitative estimate of drug-likeness (QED) is 0.0998. The average Bonchev–Trinajstić information content (AvgIpc) is 1.68. The van der Waals surface area contributed by atoms with Crippen molar-refractivity contribution in [1.82, 2.24) is 0 Å². The number of hydrogen-bond donors (Lipinski definition) is 0. The first-order valence-corrected chi connectivity index (χ1v) is 44.3. The molecule has 0 spiro atoms. The van der Waals surface area contributed by atoms with E-state index in [-0.39, 0.29) is 87.7 Å². The van der Waals surface area contributed by atoms with E-state index in [0.29, 0.717) is 11.1 Å². The zero-order valence-corrected chi connectivity index (χ0v) is 67.6. The Morgan fingerprint density at radius 1 is 0.193 bits per heavy atom. The molecule has 0 fully saturated rings. The third-order valence-corrected chi connectivity index (χ3v) is 26.6. The molecule has 0 nitrogen and oxygen atoms in total. The smallest absolute Gasteiger partial charge is 0.0656 e. The van der Waals surface area contributed by atoms with Crippen molar-refractivity contribution in [2.24, 2.45) is 0 Å². The van der Waals surface area contributed by atoms with Gasteiger partial charge >= 0.3 is 0 Å². The van der Waals surface area contributed by atoms with Crippen LogP contribution in [0.1, 0.15) is 41.4 Å². The molecular weight excluding hydrogens is 1450 g/mol. The highest BCUT2D eigenvalue weighted by Gasteiger charge is 2.36. The van der Waals surface area contributed by atoms with Crippen LogP contribution < -0.4 is 5.19 Å². The van der Waals surface area contributed by atoms with E-state index in [1.807, 2.05) is 103 Å². The minimum absolute atomic E-state index is 0.0395. The molecule has 0 saturated carbocycles. The van der Waals surface area contributed by atoms with Crippen LogP contribution in [0.25, 0.3) is 208 Å². The van der Waals surface area contributed by atoms with Crippen molar-refractivity contribution in [3.05, 3.63) is 442 Å². The lowest BCUT2D eigenvalue weighted by atomic mass is 9.80. The number of hydrogen-bond acceptors (Lipinski definition) is 0. The van der Waals surface area contributed by atoms with Crippen molar-refractivity contribution in [1.29, 1.82) is 0 Å². The summed E-state index contributed by atoms with van der Waals surface area (Å²) in [5.41, 5.74) is 21.5. The van der Waals surface area contributed by atoms with Gasteiger partial charge in [-0.1, -0.05) is 457 Å². The second kappa shape index (κ2) is 29.7. The molecule has 1 aliphatic rings. The van der Waals surface area contributed by atoms with Crippen molar-refractivity contribution in [2.45, 2.75) is 38.9 Å². The van der Waals surface area contributed by atoms with Gasteiger partial charge in [-0.2, -0.15) is 0 Å². The van der Waals surface area contributed by atoms with Crippen LogP contribution in [0, 0.1) is 0 Å². The van der Waals surface area contributed by atoms with E-state index in [1.54, 1.807) is 0 Å². The summed E-state index contributed by atoms with van der Waals surface area (Å²) in [4.78, 5) is 0. The number of benzene rings is 22. The predicted octanol–water partition coefficient (Wildman–Crippen LogP) is 32.8. The second-order valence-corrected chi connectivity index (χ2v) is 37.7. The molecule has 0 N–H and O–H groups in total. The van der Waals surface area contributed by atoms with Gasteiger partial charge in [0, 0.05) is 5.41 Å². The summed E-state index contributed by atoms with van der Waals surface area (Å²) in [5.74, 6) is 0. The van der Waals surface area contributed by atoms with E-state index in [1.165, 1.54) is 126 Å². The zero-order valence-electron chi connectivity index (χ0n) is 78.6. The summed E-state index contributed by atoms with van der Waals surface area (Å²) >= 11 is 0. The van der Waals surface area contributed by atoms with Crippen molar-refractivity contribution in [3.63, 3.8) is 0 Å². The van der Waals surface area contributed by atoms with E-state index in [9.17, 15) is 0 Å². The molecule has 562 valence electrons. The normalized spacial score (nSPS) is 13.7. The van der Waals surface area contributed by atoms with Crippen LogP contribution in [0.4, 0.5) is 0 Å². The molecule has 0 amide bonds. The lowest BCUT2D eigenvalue weighted by Gasteiger charge is -2.23. The lowest BCUT2D eigenvalue weighted by Crippen LogP contribution is -2.37. The van der Waals surface area contributed by atoms with Gasteiger partial charge in [0.1, 0.15) is 0 Å². The van der Waals surface area contributed by atoms with Gasteiger partial charge in [-0.25, -0.2) is 0 Å². The van der Waals surface area contributed by atoms with Gasteiger partial charge in [0.05, 0.1) is 24.5 Å². The molecule has 0 bridgehead atoms. The van der Waals surface area contributed by atoms with E-state index < -0.39 is 20.2 Å². The molecule has 0 radical (unpaired) electrons. The summed E-state index contributed by atoms with van der Waals surface area (Å²) in [6, 6.07) is 123. The Balaban J connectivity index is 0.000000120. The van der Waals surface area contributed by atoms with Crippen LogP contribution in [-0.4, -0.2) is 8.07 Å². The maximum atomic E-state index is 8.96. The van der Waals surface area contributed by atoms with E-state index in [2.05, 4.69) is 288 Å². The monoisotopic (exact) mass is 1540 g/mol. The summed E-state index contributed by atoms with van der Waals surface area (Å²) in [7, 11) is -1.68. The van der Waals surface area contributed by atoms with E-state index in [4.69, 9.17) is 16.4 Å². The van der Waals surface area contributed by atoms with Crippen LogP contribution in [0.3, 0.4) is 0 Å². The lowest BCUT2D eigenvalue weighted by molar-refractivity contribution is 0.660. The Bertz CT molecular complexity index is 8410. The topological polar surface area (TPSA) is 0 Å². The minimum atomic E-state index is -1.68. The number of rotatable bonds is 9.